The maximum Gasteiger partial charge on any atom is 0.291 e. The molecule has 1 saturated heterocycles. The first kappa shape index (κ1) is 26.2. The summed E-state index contributed by atoms with van der Waals surface area (Å²) >= 11 is 0.695. The summed E-state index contributed by atoms with van der Waals surface area (Å²) in [6.45, 7) is 7.53. The van der Waals surface area contributed by atoms with Gasteiger partial charge in [-0.05, 0) is 52.7 Å². The predicted molar refractivity (Wildman–Crippen MR) is 135 cm³/mol. The molecule has 14 heteroatoms. The summed E-state index contributed by atoms with van der Waals surface area (Å²) < 4.78 is 70.0. The molecule has 2 aliphatic rings. The van der Waals surface area contributed by atoms with Gasteiger partial charge in [0.15, 0.2) is 10.0 Å². The van der Waals surface area contributed by atoms with Crippen LogP contribution in [0.5, 0.6) is 0 Å². The summed E-state index contributed by atoms with van der Waals surface area (Å²) in [6.07, 6.45) is -1.34. The summed E-state index contributed by atoms with van der Waals surface area (Å²) in [5.74, 6) is 0.355. The quantitative estimate of drug-likeness (QED) is 0.453. The number of nitrogens with one attached hydrogen (secondary N) is 2. The van der Waals surface area contributed by atoms with E-state index in [4.69, 9.17) is 0 Å². The van der Waals surface area contributed by atoms with Crippen LogP contribution in [0.1, 0.15) is 50.9 Å². The van der Waals surface area contributed by atoms with Crippen LogP contribution < -0.4 is 14.9 Å². The zero-order valence-electron chi connectivity index (χ0n) is 20.8. The zero-order valence-corrected chi connectivity index (χ0v) is 22.5. The highest BCUT2D eigenvalue weighted by Crippen LogP contribution is 2.40. The summed E-state index contributed by atoms with van der Waals surface area (Å²) in [6, 6.07) is 2.53. The highest BCUT2D eigenvalue weighted by Gasteiger charge is 2.42. The summed E-state index contributed by atoms with van der Waals surface area (Å²) in [5.41, 5.74) is 0.175. The topological polar surface area (TPSA) is 113 Å². The molecule has 1 aromatic carbocycles. The molecule has 0 radical (unpaired) electrons. The lowest BCUT2D eigenvalue weighted by Gasteiger charge is -2.44. The number of fused-ring (bicyclic) bond motifs is 1. The van der Waals surface area contributed by atoms with Crippen molar-refractivity contribution < 1.29 is 21.6 Å². The summed E-state index contributed by atoms with van der Waals surface area (Å²) in [7, 11) is -3.95. The molecule has 1 atom stereocenters. The Kier molecular flexibility index (Phi) is 6.44. The van der Waals surface area contributed by atoms with Crippen LogP contribution in [-0.4, -0.2) is 65.5 Å². The number of aromatic nitrogens is 4. The van der Waals surface area contributed by atoms with Crippen molar-refractivity contribution in [3.05, 3.63) is 23.0 Å². The van der Waals surface area contributed by atoms with Crippen molar-refractivity contribution in [2.75, 3.05) is 24.7 Å². The molecule has 1 saturated carbocycles. The second kappa shape index (κ2) is 9.10. The standard InChI is InChI=1S/C23H28F3N7O2S2/c1-12-27-17-15(18(28-12)20-30-31-21(36-20)19(25)26)7-14(37(34,35)32-23(4)5-6-23)8-16(17)33-10-13(9-24)29-22(2,3)11-33/h7-8,13,19,29,32H,5-6,9-11H2,1-4H3/t13-/m1/s1. The van der Waals surface area contributed by atoms with Crippen LogP contribution in [0, 0.1) is 6.92 Å². The van der Waals surface area contributed by atoms with E-state index in [1.807, 2.05) is 25.7 Å². The molecule has 37 heavy (non-hydrogen) atoms. The molecular weight excluding hydrogens is 527 g/mol. The molecule has 0 spiro atoms. The monoisotopic (exact) mass is 555 g/mol. The first-order valence-electron chi connectivity index (χ1n) is 11.9. The van der Waals surface area contributed by atoms with Crippen molar-refractivity contribution in [3.63, 3.8) is 0 Å². The molecular formula is C23H28F3N7O2S2. The average Bonchev–Trinajstić information content (AvgIpc) is 3.31. The van der Waals surface area contributed by atoms with Gasteiger partial charge in [0.1, 0.15) is 18.2 Å². The van der Waals surface area contributed by atoms with Crippen LogP contribution >= 0.6 is 11.3 Å². The number of halogens is 3. The van der Waals surface area contributed by atoms with E-state index in [-0.39, 0.29) is 22.1 Å². The van der Waals surface area contributed by atoms with Crippen LogP contribution in [0.15, 0.2) is 17.0 Å². The van der Waals surface area contributed by atoms with E-state index in [0.717, 1.165) is 12.8 Å². The number of anilines is 1. The van der Waals surface area contributed by atoms with Crippen molar-refractivity contribution in [2.45, 2.75) is 69.0 Å². The van der Waals surface area contributed by atoms with Crippen molar-refractivity contribution >= 4 is 38.0 Å². The minimum Gasteiger partial charge on any atom is -0.366 e. The Morgan fingerprint density at radius 1 is 1.22 bits per heavy atom. The van der Waals surface area contributed by atoms with Gasteiger partial charge in [0, 0.05) is 29.6 Å². The minimum absolute atomic E-state index is 0.0106. The Morgan fingerprint density at radius 3 is 2.57 bits per heavy atom. The minimum atomic E-state index is -3.95. The smallest absolute Gasteiger partial charge is 0.291 e. The molecule has 2 fully saturated rings. The number of hydrogen-bond donors (Lipinski definition) is 2. The van der Waals surface area contributed by atoms with Crippen molar-refractivity contribution in [1.29, 1.82) is 0 Å². The molecule has 0 amide bonds. The number of hydrogen-bond acceptors (Lipinski definition) is 9. The number of nitrogens with zero attached hydrogens (tertiary/aromatic N) is 5. The van der Waals surface area contributed by atoms with E-state index in [2.05, 4.69) is 30.2 Å². The van der Waals surface area contributed by atoms with Gasteiger partial charge < -0.3 is 10.2 Å². The van der Waals surface area contributed by atoms with Gasteiger partial charge in [-0.2, -0.15) is 0 Å². The van der Waals surface area contributed by atoms with Gasteiger partial charge >= 0.3 is 0 Å². The summed E-state index contributed by atoms with van der Waals surface area (Å²) in [5, 5.41) is 10.8. The van der Waals surface area contributed by atoms with Crippen molar-refractivity contribution in [1.82, 2.24) is 30.2 Å². The molecule has 0 bridgehead atoms. The maximum atomic E-state index is 13.8. The Morgan fingerprint density at radius 2 is 1.95 bits per heavy atom. The fraction of sp³-hybridized carbons (Fsp3) is 0.565. The highest BCUT2D eigenvalue weighted by atomic mass is 32.2. The molecule has 3 heterocycles. The van der Waals surface area contributed by atoms with Gasteiger partial charge in [0.2, 0.25) is 10.0 Å². The third-order valence-corrected chi connectivity index (χ3v) is 9.09. The van der Waals surface area contributed by atoms with E-state index >= 15 is 0 Å². The van der Waals surface area contributed by atoms with E-state index in [1.165, 1.54) is 6.07 Å². The Balaban J connectivity index is 1.74. The third kappa shape index (κ3) is 5.29. The molecule has 2 N–H and O–H groups in total. The first-order chi connectivity index (χ1) is 17.3. The van der Waals surface area contributed by atoms with Crippen LogP contribution in [0.3, 0.4) is 0 Å². The van der Waals surface area contributed by atoms with Crippen LogP contribution in [0.2, 0.25) is 0 Å². The second-order valence-corrected chi connectivity index (χ2v) is 13.3. The van der Waals surface area contributed by atoms with Gasteiger partial charge in [0.25, 0.3) is 6.43 Å². The number of alkyl halides is 3. The second-order valence-electron chi connectivity index (χ2n) is 10.6. The summed E-state index contributed by atoms with van der Waals surface area (Å²) in [4.78, 5) is 11.0. The molecule has 0 unspecified atom stereocenters. The van der Waals surface area contributed by atoms with E-state index < -0.39 is 45.3 Å². The van der Waals surface area contributed by atoms with Gasteiger partial charge in [-0.15, -0.1) is 10.2 Å². The van der Waals surface area contributed by atoms with Gasteiger partial charge in [-0.3, -0.25) is 0 Å². The lowest BCUT2D eigenvalue weighted by Crippen LogP contribution is -2.63. The maximum absolute atomic E-state index is 13.8. The number of benzene rings is 1. The Bertz CT molecular complexity index is 1460. The number of aryl methyl sites for hydroxylation is 1. The number of piperazine rings is 1. The number of rotatable bonds is 7. The Hall–Kier alpha value is -2.42. The SMILES string of the molecule is Cc1nc(-c2nnc(C(F)F)s2)c2cc(S(=O)(=O)NC3(C)CC3)cc(N3C[C@@H](CF)NC(C)(C)C3)c2n1. The zero-order chi connectivity index (χ0) is 26.8. The van der Waals surface area contributed by atoms with Gasteiger partial charge in [-0.25, -0.2) is 36.3 Å². The lowest BCUT2D eigenvalue weighted by atomic mass is 9.97. The van der Waals surface area contributed by atoms with Crippen LogP contribution in [0.4, 0.5) is 18.9 Å². The molecule has 200 valence electrons. The molecule has 3 aromatic rings. The molecule has 5 rings (SSSR count). The fourth-order valence-electron chi connectivity index (χ4n) is 4.67. The van der Waals surface area contributed by atoms with E-state index in [1.54, 1.807) is 13.0 Å². The first-order valence-corrected chi connectivity index (χ1v) is 14.2. The largest absolute Gasteiger partial charge is 0.366 e. The third-order valence-electron chi connectivity index (χ3n) is 6.54. The normalized spacial score (nSPS) is 21.1. The van der Waals surface area contributed by atoms with E-state index in [0.29, 0.717) is 40.3 Å². The van der Waals surface area contributed by atoms with Gasteiger partial charge in [-0.1, -0.05) is 11.3 Å². The van der Waals surface area contributed by atoms with Crippen molar-refractivity contribution in [3.8, 4) is 10.7 Å². The molecule has 2 aromatic heterocycles. The van der Waals surface area contributed by atoms with Crippen molar-refractivity contribution in [2.24, 2.45) is 0 Å². The highest BCUT2D eigenvalue weighted by molar-refractivity contribution is 7.89. The van der Waals surface area contributed by atoms with Gasteiger partial charge in [0.05, 0.1) is 22.1 Å². The fourth-order valence-corrected chi connectivity index (χ4v) is 6.89. The average molecular weight is 556 g/mol. The lowest BCUT2D eigenvalue weighted by molar-refractivity contribution is 0.150. The number of sulfonamides is 1. The van der Waals surface area contributed by atoms with Crippen LogP contribution in [0.25, 0.3) is 21.6 Å². The molecule has 1 aliphatic heterocycles. The van der Waals surface area contributed by atoms with E-state index in [9.17, 15) is 21.6 Å². The Labute approximate surface area is 217 Å². The molecule has 9 nitrogen and oxygen atoms in total. The van der Waals surface area contributed by atoms with Crippen LogP contribution in [-0.2, 0) is 10.0 Å². The predicted octanol–water partition coefficient (Wildman–Crippen LogP) is 3.75. The molecule has 1 aliphatic carbocycles.